The molecular formula is C24H28N4O2S. The number of thiazole rings is 1. The molecule has 0 atom stereocenters. The summed E-state index contributed by atoms with van der Waals surface area (Å²) in [5, 5.41) is 6.12. The van der Waals surface area contributed by atoms with Crippen LogP contribution in [0, 0.1) is 0 Å². The van der Waals surface area contributed by atoms with Crippen LogP contribution < -0.4 is 15.0 Å². The van der Waals surface area contributed by atoms with Crippen LogP contribution >= 0.6 is 11.3 Å². The molecule has 31 heavy (non-hydrogen) atoms. The van der Waals surface area contributed by atoms with Crippen LogP contribution in [0.1, 0.15) is 12.5 Å². The van der Waals surface area contributed by atoms with Crippen molar-refractivity contribution in [2.45, 2.75) is 13.3 Å². The highest BCUT2D eigenvalue weighted by molar-refractivity contribution is 7.14. The molecule has 7 heteroatoms. The maximum absolute atomic E-state index is 12.4. The SMILES string of the molecule is CCc1ccc(NC(=O)CN2CCN(c3nc(-c4cccc(OC)c4)cs3)CC2)cc1. The first kappa shape index (κ1) is 21.3. The summed E-state index contributed by atoms with van der Waals surface area (Å²) >= 11 is 1.66. The number of aromatic nitrogens is 1. The monoisotopic (exact) mass is 436 g/mol. The third kappa shape index (κ3) is 5.42. The number of methoxy groups -OCH3 is 1. The van der Waals surface area contributed by atoms with Crippen LogP contribution in [0.25, 0.3) is 11.3 Å². The summed E-state index contributed by atoms with van der Waals surface area (Å²) in [6.07, 6.45) is 0.999. The Morgan fingerprint density at radius 3 is 2.61 bits per heavy atom. The summed E-state index contributed by atoms with van der Waals surface area (Å²) in [7, 11) is 1.67. The molecule has 1 saturated heterocycles. The normalized spacial score (nSPS) is 14.5. The van der Waals surface area contributed by atoms with Crippen LogP contribution in [0.3, 0.4) is 0 Å². The molecule has 1 N–H and O–H groups in total. The number of aryl methyl sites for hydroxylation is 1. The molecule has 3 aromatic rings. The minimum atomic E-state index is 0.0345. The number of nitrogens with one attached hydrogen (secondary N) is 1. The van der Waals surface area contributed by atoms with Gasteiger partial charge in [-0.2, -0.15) is 0 Å². The molecule has 4 rings (SSSR count). The van der Waals surface area contributed by atoms with Crippen molar-refractivity contribution in [3.8, 4) is 17.0 Å². The van der Waals surface area contributed by atoms with E-state index in [0.717, 1.165) is 60.4 Å². The van der Waals surface area contributed by atoms with Crippen LogP contribution in [0.4, 0.5) is 10.8 Å². The summed E-state index contributed by atoms with van der Waals surface area (Å²) in [5.41, 5.74) is 4.15. The van der Waals surface area contributed by atoms with E-state index in [4.69, 9.17) is 9.72 Å². The Kier molecular flexibility index (Phi) is 6.84. The number of hydrogen-bond donors (Lipinski definition) is 1. The fourth-order valence-corrected chi connectivity index (χ4v) is 4.54. The Bertz CT molecular complexity index is 1010. The molecule has 6 nitrogen and oxygen atoms in total. The summed E-state index contributed by atoms with van der Waals surface area (Å²) in [6, 6.07) is 16.0. The number of carbonyl (C=O) groups is 1. The van der Waals surface area contributed by atoms with Crippen LogP contribution in [-0.2, 0) is 11.2 Å². The van der Waals surface area contributed by atoms with E-state index in [1.807, 2.05) is 36.4 Å². The van der Waals surface area contributed by atoms with Gasteiger partial charge < -0.3 is 15.0 Å². The molecule has 1 fully saturated rings. The van der Waals surface area contributed by atoms with E-state index in [0.29, 0.717) is 6.54 Å². The standard InChI is InChI=1S/C24H28N4O2S/c1-3-18-7-9-20(10-8-18)25-23(29)16-27-11-13-28(14-12-27)24-26-22(17-31-24)19-5-4-6-21(15-19)30-2/h4-10,15,17H,3,11-14,16H2,1-2H3,(H,25,29). The molecule has 1 amide bonds. The average molecular weight is 437 g/mol. The predicted octanol–water partition coefficient (Wildman–Crippen LogP) is 4.14. The Labute approximate surface area is 187 Å². The van der Waals surface area contributed by atoms with Gasteiger partial charge in [0.15, 0.2) is 5.13 Å². The molecule has 2 aromatic carbocycles. The van der Waals surface area contributed by atoms with E-state index in [-0.39, 0.29) is 5.91 Å². The number of benzene rings is 2. The maximum Gasteiger partial charge on any atom is 0.238 e. The van der Waals surface area contributed by atoms with Gasteiger partial charge in [-0.25, -0.2) is 4.98 Å². The Morgan fingerprint density at radius 2 is 1.90 bits per heavy atom. The van der Waals surface area contributed by atoms with Crippen molar-refractivity contribution in [2.75, 3.05) is 50.1 Å². The van der Waals surface area contributed by atoms with Gasteiger partial charge in [0.1, 0.15) is 5.75 Å². The Morgan fingerprint density at radius 1 is 1.13 bits per heavy atom. The zero-order valence-electron chi connectivity index (χ0n) is 18.0. The number of anilines is 2. The highest BCUT2D eigenvalue weighted by Gasteiger charge is 2.21. The van der Waals surface area contributed by atoms with Crippen LogP contribution in [0.15, 0.2) is 53.9 Å². The topological polar surface area (TPSA) is 57.7 Å². The summed E-state index contributed by atoms with van der Waals surface area (Å²) in [5.74, 6) is 0.868. The molecule has 1 aromatic heterocycles. The Balaban J connectivity index is 1.28. The van der Waals surface area contributed by atoms with Gasteiger partial charge in [-0.3, -0.25) is 9.69 Å². The predicted molar refractivity (Wildman–Crippen MR) is 127 cm³/mol. The summed E-state index contributed by atoms with van der Waals surface area (Å²) in [4.78, 5) is 21.7. The van der Waals surface area contributed by atoms with Crippen LogP contribution in [0.2, 0.25) is 0 Å². The molecule has 1 aliphatic heterocycles. The fraction of sp³-hybridized carbons (Fsp3) is 0.333. The van der Waals surface area contributed by atoms with Crippen LogP contribution in [-0.4, -0.2) is 55.6 Å². The molecule has 0 spiro atoms. The van der Waals surface area contributed by atoms with Gasteiger partial charge >= 0.3 is 0 Å². The molecule has 1 aliphatic rings. The van der Waals surface area contributed by atoms with Crippen molar-refractivity contribution in [3.05, 3.63) is 59.5 Å². The minimum absolute atomic E-state index is 0.0345. The second-order valence-electron chi connectivity index (χ2n) is 7.61. The molecule has 2 heterocycles. The van der Waals surface area contributed by atoms with Gasteiger partial charge in [0.05, 0.1) is 19.3 Å². The van der Waals surface area contributed by atoms with Gasteiger partial charge in [-0.15, -0.1) is 11.3 Å². The first-order valence-electron chi connectivity index (χ1n) is 10.6. The van der Waals surface area contributed by atoms with Gasteiger partial charge in [0.25, 0.3) is 0 Å². The Hall–Kier alpha value is -2.90. The molecular weight excluding hydrogens is 408 g/mol. The van der Waals surface area contributed by atoms with E-state index in [2.05, 4.69) is 39.6 Å². The highest BCUT2D eigenvalue weighted by Crippen LogP contribution is 2.29. The number of rotatable bonds is 7. The molecule has 0 unspecified atom stereocenters. The van der Waals surface area contributed by atoms with Crippen molar-refractivity contribution in [1.82, 2.24) is 9.88 Å². The maximum atomic E-state index is 12.4. The molecule has 0 aliphatic carbocycles. The average Bonchev–Trinajstić information content (AvgIpc) is 3.30. The lowest BCUT2D eigenvalue weighted by molar-refractivity contribution is -0.117. The minimum Gasteiger partial charge on any atom is -0.497 e. The van der Waals surface area contributed by atoms with Gasteiger partial charge in [0.2, 0.25) is 5.91 Å². The van der Waals surface area contributed by atoms with Gasteiger partial charge in [-0.05, 0) is 36.2 Å². The number of carbonyl (C=O) groups excluding carboxylic acids is 1. The first-order chi connectivity index (χ1) is 15.1. The van der Waals surface area contributed by atoms with Crippen molar-refractivity contribution in [3.63, 3.8) is 0 Å². The molecule has 162 valence electrons. The number of nitrogens with zero attached hydrogens (tertiary/aromatic N) is 3. The lowest BCUT2D eigenvalue weighted by Gasteiger charge is -2.34. The number of hydrogen-bond acceptors (Lipinski definition) is 6. The largest absolute Gasteiger partial charge is 0.497 e. The first-order valence-corrected chi connectivity index (χ1v) is 11.5. The fourth-order valence-electron chi connectivity index (χ4n) is 3.65. The molecule has 0 radical (unpaired) electrons. The number of amides is 1. The van der Waals surface area contributed by atoms with Gasteiger partial charge in [0, 0.05) is 42.8 Å². The van der Waals surface area contributed by atoms with E-state index in [1.54, 1.807) is 18.4 Å². The van der Waals surface area contributed by atoms with E-state index in [1.165, 1.54) is 5.56 Å². The van der Waals surface area contributed by atoms with E-state index < -0.39 is 0 Å². The smallest absolute Gasteiger partial charge is 0.238 e. The lowest BCUT2D eigenvalue weighted by Crippen LogP contribution is -2.48. The third-order valence-corrected chi connectivity index (χ3v) is 6.41. The lowest BCUT2D eigenvalue weighted by atomic mass is 10.1. The van der Waals surface area contributed by atoms with Gasteiger partial charge in [-0.1, -0.05) is 31.2 Å². The zero-order chi connectivity index (χ0) is 21.6. The zero-order valence-corrected chi connectivity index (χ0v) is 18.8. The molecule has 0 saturated carbocycles. The van der Waals surface area contributed by atoms with Crippen molar-refractivity contribution < 1.29 is 9.53 Å². The quantitative estimate of drug-likeness (QED) is 0.603. The summed E-state index contributed by atoms with van der Waals surface area (Å²) < 4.78 is 5.32. The van der Waals surface area contributed by atoms with Crippen molar-refractivity contribution >= 4 is 28.1 Å². The third-order valence-electron chi connectivity index (χ3n) is 5.51. The second-order valence-corrected chi connectivity index (χ2v) is 8.45. The van der Waals surface area contributed by atoms with Crippen molar-refractivity contribution in [2.24, 2.45) is 0 Å². The van der Waals surface area contributed by atoms with Crippen molar-refractivity contribution in [1.29, 1.82) is 0 Å². The number of piperazine rings is 1. The van der Waals surface area contributed by atoms with Crippen LogP contribution in [0.5, 0.6) is 5.75 Å². The van der Waals surface area contributed by atoms with E-state index >= 15 is 0 Å². The highest BCUT2D eigenvalue weighted by atomic mass is 32.1. The number of ether oxygens (including phenoxy) is 1. The molecule has 0 bridgehead atoms. The second kappa shape index (κ2) is 9.94. The van der Waals surface area contributed by atoms with E-state index in [9.17, 15) is 4.79 Å². The summed E-state index contributed by atoms with van der Waals surface area (Å²) in [6.45, 7) is 5.95.